The van der Waals surface area contributed by atoms with E-state index in [0.717, 1.165) is 18.5 Å². The van der Waals surface area contributed by atoms with Crippen LogP contribution in [0.15, 0.2) is 40.1 Å². The zero-order valence-corrected chi connectivity index (χ0v) is 15.9. The highest BCUT2D eigenvalue weighted by atomic mass is 35.5. The number of hydrogen-bond acceptors (Lipinski definition) is 4. The second kappa shape index (κ2) is 6.28. The van der Waals surface area contributed by atoms with Gasteiger partial charge in [0.2, 0.25) is 5.43 Å². The number of pyridine rings is 2. The Hall–Kier alpha value is -2.51. The van der Waals surface area contributed by atoms with Crippen molar-refractivity contribution in [1.82, 2.24) is 13.9 Å². The monoisotopic (exact) mass is 403 g/mol. The number of aryl methyl sites for hydroxylation is 1. The molecule has 1 N–H and O–H groups in total. The number of nitrogens with one attached hydrogen (secondary N) is 1. The smallest absolute Gasteiger partial charge is 0.271 e. The van der Waals surface area contributed by atoms with Crippen molar-refractivity contribution in [1.29, 1.82) is 0 Å². The molecule has 1 aliphatic rings. The van der Waals surface area contributed by atoms with E-state index in [9.17, 15) is 14.0 Å². The number of nitrogens with zero attached hydrogens (tertiary/aromatic N) is 2. The molecule has 138 valence electrons. The Morgan fingerprint density at radius 1 is 1.26 bits per heavy atom. The molecule has 1 aromatic carbocycles. The summed E-state index contributed by atoms with van der Waals surface area (Å²) >= 11 is 1.17. The summed E-state index contributed by atoms with van der Waals surface area (Å²) in [7, 11) is 0. The first kappa shape index (κ1) is 17.9. The van der Waals surface area contributed by atoms with Gasteiger partial charge in [-0.3, -0.25) is 18.9 Å². The van der Waals surface area contributed by atoms with Crippen LogP contribution < -0.4 is 11.0 Å². The van der Waals surface area contributed by atoms with Crippen LogP contribution in [-0.2, 0) is 0 Å². The molecule has 0 atom stereocenters. The van der Waals surface area contributed by atoms with Gasteiger partial charge in [0, 0.05) is 28.9 Å². The summed E-state index contributed by atoms with van der Waals surface area (Å²) in [6.45, 7) is 1.85. The maximum atomic E-state index is 14.8. The molecule has 1 fully saturated rings. The molecule has 8 heteroatoms. The predicted molar refractivity (Wildman–Crippen MR) is 108 cm³/mol. The fraction of sp³-hybridized carbons (Fsp3) is 0.211. The molecule has 0 aliphatic heterocycles. The first-order valence-electron chi connectivity index (χ1n) is 8.36. The van der Waals surface area contributed by atoms with E-state index in [1.807, 2.05) is 17.6 Å². The number of H-pyrrole nitrogens is 1. The summed E-state index contributed by atoms with van der Waals surface area (Å²) in [6, 6.07) is 6.80. The average Bonchev–Trinajstić information content (AvgIpc) is 3.38. The largest absolute Gasteiger partial charge is 0.328 e. The molecule has 0 bridgehead atoms. The van der Waals surface area contributed by atoms with Crippen LogP contribution in [0.2, 0.25) is 0 Å². The summed E-state index contributed by atoms with van der Waals surface area (Å²) in [5.41, 5.74) is 1.80. The summed E-state index contributed by atoms with van der Waals surface area (Å²) in [4.78, 5) is 29.7. The van der Waals surface area contributed by atoms with Crippen LogP contribution in [-0.4, -0.2) is 13.9 Å². The fourth-order valence-corrected chi connectivity index (χ4v) is 4.41. The molecule has 0 amide bonds. The zero-order valence-electron chi connectivity index (χ0n) is 14.3. The number of aromatic nitrogens is 3. The molecule has 0 spiro atoms. The molecule has 0 unspecified atom stereocenters. The van der Waals surface area contributed by atoms with Crippen LogP contribution in [0.5, 0.6) is 0 Å². The van der Waals surface area contributed by atoms with Crippen LogP contribution in [0.1, 0.15) is 24.6 Å². The minimum atomic E-state index is -0.478. The molecule has 3 aromatic heterocycles. The highest BCUT2D eigenvalue weighted by molar-refractivity contribution is 7.12. The van der Waals surface area contributed by atoms with E-state index in [4.69, 9.17) is 0 Å². The second-order valence-corrected chi connectivity index (χ2v) is 7.47. The first-order valence-corrected chi connectivity index (χ1v) is 9.18. The number of halogens is 2. The Balaban J connectivity index is 0.00000180. The lowest BCUT2D eigenvalue weighted by Crippen LogP contribution is -2.15. The molecule has 0 radical (unpaired) electrons. The summed E-state index contributed by atoms with van der Waals surface area (Å²) in [6.07, 6.45) is 3.61. The molecule has 3 heterocycles. The molecule has 5 rings (SSSR count). The van der Waals surface area contributed by atoms with Gasteiger partial charge in [-0.1, -0.05) is 0 Å². The Morgan fingerprint density at radius 2 is 2.04 bits per heavy atom. The molecular weight excluding hydrogens is 389 g/mol. The lowest BCUT2D eigenvalue weighted by Gasteiger charge is -2.13. The van der Waals surface area contributed by atoms with E-state index in [-0.39, 0.29) is 29.2 Å². The van der Waals surface area contributed by atoms with Crippen LogP contribution in [0.4, 0.5) is 4.39 Å². The summed E-state index contributed by atoms with van der Waals surface area (Å²) in [5, 5.41) is 0.377. The Morgan fingerprint density at radius 3 is 2.74 bits per heavy atom. The second-order valence-electron chi connectivity index (χ2n) is 6.68. The maximum absolute atomic E-state index is 14.8. The van der Waals surface area contributed by atoms with E-state index in [1.165, 1.54) is 17.6 Å². The third-order valence-electron chi connectivity index (χ3n) is 4.84. The molecule has 1 aliphatic carbocycles. The molecule has 5 nitrogen and oxygen atoms in total. The van der Waals surface area contributed by atoms with Crippen LogP contribution in [0, 0.1) is 12.7 Å². The SMILES string of the molecule is Cc1cc(-c2cc3c(cc2F)c(=O)c2c(=O)[nH]sc2n3C2CC2)ccn1.Cl. The van der Waals surface area contributed by atoms with E-state index < -0.39 is 16.8 Å². The van der Waals surface area contributed by atoms with Crippen molar-refractivity contribution in [3.63, 3.8) is 0 Å². The van der Waals surface area contributed by atoms with Gasteiger partial charge in [0.15, 0.2) is 0 Å². The van der Waals surface area contributed by atoms with E-state index >= 15 is 0 Å². The van der Waals surface area contributed by atoms with Crippen LogP contribution in [0.25, 0.3) is 32.2 Å². The molecule has 1 saturated carbocycles. The summed E-state index contributed by atoms with van der Waals surface area (Å²) < 4.78 is 19.5. The summed E-state index contributed by atoms with van der Waals surface area (Å²) in [5.74, 6) is -0.478. The van der Waals surface area contributed by atoms with Crippen molar-refractivity contribution in [2.45, 2.75) is 25.8 Å². The zero-order chi connectivity index (χ0) is 18.0. The standard InChI is InChI=1S/C19H14FN3O2S.ClH/c1-9-6-10(4-5-21-9)12-8-15-13(7-14(12)20)17(24)16-18(25)22-26-19(16)23(15)11-2-3-11;/h4-8,11H,2-3H2,1H3,(H,22,25);1H. The van der Waals surface area contributed by atoms with Gasteiger partial charge in [0.1, 0.15) is 16.0 Å². The third-order valence-corrected chi connectivity index (χ3v) is 5.72. The van der Waals surface area contributed by atoms with Gasteiger partial charge in [-0.25, -0.2) is 4.39 Å². The minimum absolute atomic E-state index is 0. The third kappa shape index (κ3) is 2.69. The van der Waals surface area contributed by atoms with Gasteiger partial charge in [0.25, 0.3) is 5.56 Å². The van der Waals surface area contributed by atoms with Crippen molar-refractivity contribution in [3.05, 3.63) is 62.6 Å². The van der Waals surface area contributed by atoms with Crippen LogP contribution >= 0.6 is 23.9 Å². The lowest BCUT2D eigenvalue weighted by molar-refractivity contribution is 0.632. The van der Waals surface area contributed by atoms with Crippen molar-refractivity contribution >= 4 is 45.1 Å². The topological polar surface area (TPSA) is 67.8 Å². The normalized spacial score (nSPS) is 13.9. The van der Waals surface area contributed by atoms with Crippen molar-refractivity contribution < 1.29 is 4.39 Å². The Kier molecular flexibility index (Phi) is 4.16. The van der Waals surface area contributed by atoms with E-state index in [2.05, 4.69) is 9.36 Å². The van der Waals surface area contributed by atoms with Gasteiger partial charge in [0.05, 0.1) is 5.52 Å². The van der Waals surface area contributed by atoms with Gasteiger partial charge in [-0.05, 0) is 61.1 Å². The van der Waals surface area contributed by atoms with Crippen LogP contribution in [0.3, 0.4) is 0 Å². The number of benzene rings is 1. The van der Waals surface area contributed by atoms with E-state index in [0.29, 0.717) is 21.5 Å². The highest BCUT2D eigenvalue weighted by Gasteiger charge is 2.29. The minimum Gasteiger partial charge on any atom is -0.328 e. The Labute approximate surface area is 163 Å². The quantitative estimate of drug-likeness (QED) is 0.546. The van der Waals surface area contributed by atoms with Gasteiger partial charge in [-0.2, -0.15) is 0 Å². The number of aromatic amines is 1. The number of rotatable bonds is 2. The molecule has 4 aromatic rings. The van der Waals surface area contributed by atoms with Gasteiger partial charge >= 0.3 is 0 Å². The van der Waals surface area contributed by atoms with Crippen molar-refractivity contribution in [2.75, 3.05) is 0 Å². The van der Waals surface area contributed by atoms with E-state index in [1.54, 1.807) is 18.3 Å². The van der Waals surface area contributed by atoms with Gasteiger partial charge in [-0.15, -0.1) is 12.4 Å². The number of hydrogen-bond donors (Lipinski definition) is 1. The molecule has 27 heavy (non-hydrogen) atoms. The first-order chi connectivity index (χ1) is 12.5. The average molecular weight is 404 g/mol. The van der Waals surface area contributed by atoms with Crippen molar-refractivity contribution in [3.8, 4) is 11.1 Å². The fourth-order valence-electron chi connectivity index (χ4n) is 3.48. The maximum Gasteiger partial charge on any atom is 0.271 e. The predicted octanol–water partition coefficient (Wildman–Crippen LogP) is 4.17. The van der Waals surface area contributed by atoms with Gasteiger partial charge < -0.3 is 4.57 Å². The van der Waals surface area contributed by atoms with Crippen molar-refractivity contribution in [2.24, 2.45) is 0 Å². The molecule has 0 saturated heterocycles. The number of fused-ring (bicyclic) bond motifs is 2. The molecular formula is C19H15ClFN3O2S. The lowest BCUT2D eigenvalue weighted by atomic mass is 10.0. The highest BCUT2D eigenvalue weighted by Crippen LogP contribution is 2.40. The Bertz CT molecular complexity index is 1320.